The molecule has 92 valence electrons. The van der Waals surface area contributed by atoms with Crippen LogP contribution >= 0.6 is 23.4 Å². The predicted octanol–water partition coefficient (Wildman–Crippen LogP) is 0.901. The number of amides is 1. The van der Waals surface area contributed by atoms with Gasteiger partial charge in [0.15, 0.2) is 5.82 Å². The average molecular weight is 277 g/mol. The molecule has 0 heterocycles. The van der Waals surface area contributed by atoms with Crippen molar-refractivity contribution < 1.29 is 19.1 Å². The lowest BCUT2D eigenvalue weighted by atomic mass is 10.3. The second kappa shape index (κ2) is 6.46. The zero-order chi connectivity index (χ0) is 12.8. The Kier molecular flexibility index (Phi) is 5.24. The van der Waals surface area contributed by atoms with E-state index in [1.807, 2.05) is 0 Å². The number of anilines is 1. The van der Waals surface area contributed by atoms with Crippen molar-refractivity contribution in [2.45, 2.75) is 0 Å². The summed E-state index contributed by atoms with van der Waals surface area (Å²) in [7, 11) is 0. The van der Waals surface area contributed by atoms with Gasteiger partial charge in [-0.25, -0.2) is 4.39 Å². The van der Waals surface area contributed by atoms with Gasteiger partial charge in [-0.3, -0.25) is 4.79 Å². The van der Waals surface area contributed by atoms with Gasteiger partial charge >= 0.3 is 0 Å². The summed E-state index contributed by atoms with van der Waals surface area (Å²) < 4.78 is 13.4. The standard InChI is InChI=1S/C10H9ClFNO3S/c11-6-2-1-3-7(10(6)12)13-8(14)4-17-5-9(15)16/h1-3H,4-5H2,(H,13,14)(H,15,16)/p-1. The third-order valence-corrected chi connectivity index (χ3v) is 2.88. The fourth-order valence-electron chi connectivity index (χ4n) is 1.01. The quantitative estimate of drug-likeness (QED) is 0.868. The molecule has 0 aliphatic heterocycles. The number of aliphatic carboxylic acids is 1. The Balaban J connectivity index is 2.51. The monoisotopic (exact) mass is 276 g/mol. The second-order valence-electron chi connectivity index (χ2n) is 3.01. The maximum atomic E-state index is 13.4. The van der Waals surface area contributed by atoms with Crippen LogP contribution in [0, 0.1) is 5.82 Å². The number of hydrogen-bond donors (Lipinski definition) is 1. The lowest BCUT2D eigenvalue weighted by Gasteiger charge is -2.07. The van der Waals surface area contributed by atoms with Gasteiger partial charge in [0.1, 0.15) is 0 Å². The maximum Gasteiger partial charge on any atom is 0.234 e. The molecule has 1 rings (SSSR count). The Morgan fingerprint density at radius 3 is 2.76 bits per heavy atom. The van der Waals surface area contributed by atoms with Gasteiger partial charge in [0.05, 0.1) is 22.4 Å². The largest absolute Gasteiger partial charge is 0.549 e. The Bertz CT molecular complexity index is 442. The average Bonchev–Trinajstić information content (AvgIpc) is 2.24. The molecule has 0 fully saturated rings. The Hall–Kier alpha value is -1.27. The smallest absolute Gasteiger partial charge is 0.234 e. The number of carboxylic acids is 1. The van der Waals surface area contributed by atoms with Crippen LogP contribution in [0.5, 0.6) is 0 Å². The predicted molar refractivity (Wildman–Crippen MR) is 62.4 cm³/mol. The van der Waals surface area contributed by atoms with Crippen LogP contribution in [-0.4, -0.2) is 23.4 Å². The van der Waals surface area contributed by atoms with Crippen molar-refractivity contribution in [2.75, 3.05) is 16.8 Å². The first-order chi connectivity index (χ1) is 8.00. The molecule has 7 heteroatoms. The number of benzene rings is 1. The fraction of sp³-hybridized carbons (Fsp3) is 0.200. The number of rotatable bonds is 5. The van der Waals surface area contributed by atoms with E-state index in [0.29, 0.717) is 0 Å². The molecule has 1 N–H and O–H groups in total. The zero-order valence-electron chi connectivity index (χ0n) is 8.54. The van der Waals surface area contributed by atoms with E-state index >= 15 is 0 Å². The van der Waals surface area contributed by atoms with E-state index in [0.717, 1.165) is 11.8 Å². The summed E-state index contributed by atoms with van der Waals surface area (Å²) >= 11 is 6.39. The van der Waals surface area contributed by atoms with E-state index in [2.05, 4.69) is 5.32 Å². The molecule has 0 aliphatic carbocycles. The first kappa shape index (κ1) is 13.8. The van der Waals surface area contributed by atoms with Crippen LogP contribution in [-0.2, 0) is 9.59 Å². The van der Waals surface area contributed by atoms with Gasteiger partial charge < -0.3 is 15.2 Å². The van der Waals surface area contributed by atoms with Gasteiger partial charge in [0.25, 0.3) is 0 Å². The number of carbonyl (C=O) groups is 2. The summed E-state index contributed by atoms with van der Waals surface area (Å²) in [5, 5.41) is 12.3. The van der Waals surface area contributed by atoms with Crippen LogP contribution in [0.4, 0.5) is 10.1 Å². The van der Waals surface area contributed by atoms with Crippen molar-refractivity contribution in [3.05, 3.63) is 29.0 Å². The van der Waals surface area contributed by atoms with E-state index in [-0.39, 0.29) is 22.2 Å². The molecule has 4 nitrogen and oxygen atoms in total. The molecule has 0 aliphatic rings. The van der Waals surface area contributed by atoms with Crippen LogP contribution < -0.4 is 10.4 Å². The summed E-state index contributed by atoms with van der Waals surface area (Å²) in [5.74, 6) is -2.85. The van der Waals surface area contributed by atoms with Crippen molar-refractivity contribution in [1.29, 1.82) is 0 Å². The Morgan fingerprint density at radius 1 is 1.41 bits per heavy atom. The second-order valence-corrected chi connectivity index (χ2v) is 4.41. The zero-order valence-corrected chi connectivity index (χ0v) is 10.1. The molecule has 0 atom stereocenters. The highest BCUT2D eigenvalue weighted by molar-refractivity contribution is 8.00. The third kappa shape index (κ3) is 4.62. The maximum absolute atomic E-state index is 13.4. The number of carbonyl (C=O) groups excluding carboxylic acids is 2. The molecule has 1 aromatic rings. The highest BCUT2D eigenvalue weighted by atomic mass is 35.5. The van der Waals surface area contributed by atoms with Crippen LogP contribution in [0.2, 0.25) is 5.02 Å². The highest BCUT2D eigenvalue weighted by Crippen LogP contribution is 2.22. The molecule has 1 amide bonds. The molecule has 17 heavy (non-hydrogen) atoms. The van der Waals surface area contributed by atoms with Gasteiger partial charge in [-0.1, -0.05) is 17.7 Å². The molecule has 0 spiro atoms. The highest BCUT2D eigenvalue weighted by Gasteiger charge is 2.09. The molecule has 1 aromatic carbocycles. The minimum Gasteiger partial charge on any atom is -0.549 e. The van der Waals surface area contributed by atoms with Crippen LogP contribution in [0.3, 0.4) is 0 Å². The summed E-state index contributed by atoms with van der Waals surface area (Å²) in [6.45, 7) is 0. The van der Waals surface area contributed by atoms with Gasteiger partial charge in [-0.15, -0.1) is 11.8 Å². The molecule has 0 bridgehead atoms. The first-order valence-electron chi connectivity index (χ1n) is 4.52. The lowest BCUT2D eigenvalue weighted by molar-refractivity contribution is -0.301. The lowest BCUT2D eigenvalue weighted by Crippen LogP contribution is -2.25. The molecular weight excluding hydrogens is 269 g/mol. The number of halogens is 2. The van der Waals surface area contributed by atoms with E-state index < -0.39 is 17.7 Å². The first-order valence-corrected chi connectivity index (χ1v) is 6.05. The topological polar surface area (TPSA) is 69.2 Å². The van der Waals surface area contributed by atoms with Gasteiger partial charge in [-0.05, 0) is 12.1 Å². The molecule has 0 saturated carbocycles. The SMILES string of the molecule is O=C([O-])CSCC(=O)Nc1cccc(Cl)c1F. The van der Waals surface area contributed by atoms with E-state index in [4.69, 9.17) is 11.6 Å². The number of thioether (sulfide) groups is 1. The van der Waals surface area contributed by atoms with Crippen LogP contribution in [0.15, 0.2) is 18.2 Å². The molecule has 0 saturated heterocycles. The summed E-state index contributed by atoms with van der Waals surface area (Å²) in [5.41, 5.74) is -0.0310. The van der Waals surface area contributed by atoms with Crippen molar-refractivity contribution in [3.63, 3.8) is 0 Å². The van der Waals surface area contributed by atoms with E-state index in [1.54, 1.807) is 0 Å². The van der Waals surface area contributed by atoms with Crippen molar-refractivity contribution in [1.82, 2.24) is 0 Å². The molecule has 0 aromatic heterocycles. The van der Waals surface area contributed by atoms with Gasteiger partial charge in [-0.2, -0.15) is 0 Å². The van der Waals surface area contributed by atoms with Crippen molar-refractivity contribution >= 4 is 40.9 Å². The minimum absolute atomic E-state index is 0.0310. The summed E-state index contributed by atoms with van der Waals surface area (Å²) in [6, 6.07) is 4.22. The Labute approximate surface area is 106 Å². The Morgan fingerprint density at radius 2 is 2.12 bits per heavy atom. The third-order valence-electron chi connectivity index (χ3n) is 1.68. The minimum atomic E-state index is -1.25. The van der Waals surface area contributed by atoms with E-state index in [1.165, 1.54) is 18.2 Å². The fourth-order valence-corrected chi connectivity index (χ4v) is 1.71. The molecule has 0 unspecified atom stereocenters. The summed E-state index contributed by atoms with van der Waals surface area (Å²) in [4.78, 5) is 21.4. The molecular formula is C10H8ClFNO3S-. The van der Waals surface area contributed by atoms with Gasteiger partial charge in [0.2, 0.25) is 5.91 Å². The van der Waals surface area contributed by atoms with E-state index in [9.17, 15) is 19.1 Å². The molecule has 0 radical (unpaired) electrons. The normalized spacial score (nSPS) is 10.0. The summed E-state index contributed by atoms with van der Waals surface area (Å²) in [6.07, 6.45) is 0. The van der Waals surface area contributed by atoms with Crippen molar-refractivity contribution in [2.24, 2.45) is 0 Å². The number of hydrogen-bond acceptors (Lipinski definition) is 4. The van der Waals surface area contributed by atoms with Crippen LogP contribution in [0.1, 0.15) is 0 Å². The van der Waals surface area contributed by atoms with Crippen molar-refractivity contribution in [3.8, 4) is 0 Å². The van der Waals surface area contributed by atoms with Crippen LogP contribution in [0.25, 0.3) is 0 Å². The van der Waals surface area contributed by atoms with Gasteiger partial charge in [0, 0.05) is 5.75 Å². The number of nitrogens with one attached hydrogen (secondary N) is 1. The number of carboxylic acid groups (broad SMARTS) is 1.